The molecular formula is C11H18N2O6S. The molecule has 3 N–H and O–H groups in total. The second-order valence-electron chi connectivity index (χ2n) is 3.75. The van der Waals surface area contributed by atoms with Crippen LogP contribution in [-0.2, 0) is 19.5 Å². The zero-order valence-electron chi connectivity index (χ0n) is 11.3. The van der Waals surface area contributed by atoms with Gasteiger partial charge in [-0.1, -0.05) is 0 Å². The van der Waals surface area contributed by atoms with E-state index in [1.54, 1.807) is 13.8 Å². The van der Waals surface area contributed by atoms with Crippen LogP contribution in [0.25, 0.3) is 0 Å². The van der Waals surface area contributed by atoms with Gasteiger partial charge in [0.25, 0.3) is 0 Å². The van der Waals surface area contributed by atoms with Gasteiger partial charge < -0.3 is 19.6 Å². The highest BCUT2D eigenvalue weighted by molar-refractivity contribution is 7.89. The molecule has 114 valence electrons. The van der Waals surface area contributed by atoms with Crippen molar-refractivity contribution in [2.75, 3.05) is 19.8 Å². The topological polar surface area (TPSA) is 118 Å². The molecule has 0 bridgehead atoms. The Kier molecular flexibility index (Phi) is 6.14. The standard InChI is InChI=1S/C11H18N2O6S/c1-3-18-10(19-4-2)7-13-20(16,17)8-5-9(11(14)15)12-6-8/h5-6,10,12-13H,3-4,7H2,1-2H3,(H,14,15). The van der Waals surface area contributed by atoms with Gasteiger partial charge in [0.1, 0.15) is 10.6 Å². The zero-order chi connectivity index (χ0) is 15.2. The predicted octanol–water partition coefficient (Wildman–Crippen LogP) is 0.390. The van der Waals surface area contributed by atoms with Crippen LogP contribution in [0.15, 0.2) is 17.2 Å². The molecule has 0 saturated heterocycles. The van der Waals surface area contributed by atoms with E-state index >= 15 is 0 Å². The third-order valence-electron chi connectivity index (χ3n) is 2.34. The number of aromatic nitrogens is 1. The molecule has 0 unspecified atom stereocenters. The van der Waals surface area contributed by atoms with E-state index in [4.69, 9.17) is 14.6 Å². The van der Waals surface area contributed by atoms with Crippen LogP contribution in [0.3, 0.4) is 0 Å². The number of ether oxygens (including phenoxy) is 2. The first-order chi connectivity index (χ1) is 9.40. The molecule has 0 atom stereocenters. The molecule has 20 heavy (non-hydrogen) atoms. The molecule has 8 nitrogen and oxygen atoms in total. The van der Waals surface area contributed by atoms with Crippen molar-refractivity contribution in [2.24, 2.45) is 0 Å². The third kappa shape index (κ3) is 4.60. The average Bonchev–Trinajstić information content (AvgIpc) is 2.87. The number of aromatic carboxylic acids is 1. The third-order valence-corrected chi connectivity index (χ3v) is 3.75. The van der Waals surface area contributed by atoms with Gasteiger partial charge in [-0.2, -0.15) is 0 Å². The highest BCUT2D eigenvalue weighted by atomic mass is 32.2. The number of nitrogens with one attached hydrogen (secondary N) is 2. The minimum atomic E-state index is -3.81. The van der Waals surface area contributed by atoms with Crippen LogP contribution >= 0.6 is 0 Å². The molecule has 0 aliphatic carbocycles. The summed E-state index contributed by atoms with van der Waals surface area (Å²) in [4.78, 5) is 12.9. The summed E-state index contributed by atoms with van der Waals surface area (Å²) >= 11 is 0. The van der Waals surface area contributed by atoms with Gasteiger partial charge in [-0.05, 0) is 19.9 Å². The fourth-order valence-corrected chi connectivity index (χ4v) is 2.46. The lowest BCUT2D eigenvalue weighted by atomic mass is 10.4. The molecule has 1 rings (SSSR count). The molecule has 0 amide bonds. The molecule has 9 heteroatoms. The fraction of sp³-hybridized carbons (Fsp3) is 0.545. The molecule has 0 fully saturated rings. The molecule has 1 aromatic heterocycles. The summed E-state index contributed by atoms with van der Waals surface area (Å²) in [5, 5.41) is 8.74. The Morgan fingerprint density at radius 3 is 2.45 bits per heavy atom. The van der Waals surface area contributed by atoms with Crippen molar-refractivity contribution in [1.29, 1.82) is 0 Å². The summed E-state index contributed by atoms with van der Waals surface area (Å²) in [6.45, 7) is 4.26. The maximum absolute atomic E-state index is 11.9. The number of rotatable bonds is 9. The molecule has 0 aromatic carbocycles. The summed E-state index contributed by atoms with van der Waals surface area (Å²) in [7, 11) is -3.81. The average molecular weight is 306 g/mol. The zero-order valence-corrected chi connectivity index (χ0v) is 12.1. The fourth-order valence-electron chi connectivity index (χ4n) is 1.45. The lowest BCUT2D eigenvalue weighted by Crippen LogP contribution is -2.35. The molecule has 0 aliphatic rings. The Bertz CT molecular complexity index is 533. The van der Waals surface area contributed by atoms with Gasteiger partial charge >= 0.3 is 5.97 Å². The summed E-state index contributed by atoms with van der Waals surface area (Å²) in [6.07, 6.45) is 0.431. The van der Waals surface area contributed by atoms with Crippen molar-refractivity contribution in [3.05, 3.63) is 18.0 Å². The Labute approximate surface area is 117 Å². The molecular weight excluding hydrogens is 288 g/mol. The van der Waals surface area contributed by atoms with E-state index in [9.17, 15) is 13.2 Å². The normalized spacial score (nSPS) is 11.9. The van der Waals surface area contributed by atoms with E-state index in [1.165, 1.54) is 0 Å². The van der Waals surface area contributed by atoms with Crippen molar-refractivity contribution in [2.45, 2.75) is 25.0 Å². The molecule has 0 radical (unpaired) electrons. The number of sulfonamides is 1. The molecule has 0 aliphatic heterocycles. The van der Waals surface area contributed by atoms with Gasteiger partial charge in [0.05, 0.1) is 6.54 Å². The molecule has 0 spiro atoms. The SMILES string of the molecule is CCOC(CNS(=O)(=O)c1c[nH]c(C(=O)O)c1)OCC. The minimum Gasteiger partial charge on any atom is -0.477 e. The van der Waals surface area contributed by atoms with Crippen LogP contribution in [0.1, 0.15) is 24.3 Å². The summed E-state index contributed by atoms with van der Waals surface area (Å²) in [5.41, 5.74) is -0.198. The van der Waals surface area contributed by atoms with Crippen LogP contribution in [0, 0.1) is 0 Å². The smallest absolute Gasteiger partial charge is 0.352 e. The number of hydrogen-bond acceptors (Lipinski definition) is 5. The van der Waals surface area contributed by atoms with Crippen molar-refractivity contribution in [1.82, 2.24) is 9.71 Å². The van der Waals surface area contributed by atoms with Gasteiger partial charge in [-0.15, -0.1) is 0 Å². The van der Waals surface area contributed by atoms with E-state index in [0.717, 1.165) is 12.3 Å². The van der Waals surface area contributed by atoms with Crippen LogP contribution in [-0.4, -0.2) is 50.5 Å². The number of carboxylic acids is 1. The van der Waals surface area contributed by atoms with Crippen LogP contribution in [0.4, 0.5) is 0 Å². The number of hydrogen-bond donors (Lipinski definition) is 3. The maximum atomic E-state index is 11.9. The highest BCUT2D eigenvalue weighted by Gasteiger charge is 2.20. The second-order valence-corrected chi connectivity index (χ2v) is 5.51. The summed E-state index contributed by atoms with van der Waals surface area (Å²) in [5.74, 6) is -1.23. The van der Waals surface area contributed by atoms with Crippen LogP contribution in [0.5, 0.6) is 0 Å². The van der Waals surface area contributed by atoms with Crippen LogP contribution in [0.2, 0.25) is 0 Å². The van der Waals surface area contributed by atoms with Gasteiger partial charge in [0.15, 0.2) is 6.29 Å². The number of H-pyrrole nitrogens is 1. The van der Waals surface area contributed by atoms with E-state index in [2.05, 4.69) is 9.71 Å². The summed E-state index contributed by atoms with van der Waals surface area (Å²) in [6, 6.07) is 1.04. The van der Waals surface area contributed by atoms with Crippen LogP contribution < -0.4 is 4.72 Å². The van der Waals surface area contributed by atoms with Gasteiger partial charge in [-0.3, -0.25) is 0 Å². The Morgan fingerprint density at radius 2 is 2.00 bits per heavy atom. The monoisotopic (exact) mass is 306 g/mol. The lowest BCUT2D eigenvalue weighted by Gasteiger charge is -2.17. The first kappa shape index (κ1) is 16.6. The first-order valence-electron chi connectivity index (χ1n) is 6.05. The highest BCUT2D eigenvalue weighted by Crippen LogP contribution is 2.10. The quantitative estimate of drug-likeness (QED) is 0.568. The van der Waals surface area contributed by atoms with Crippen molar-refractivity contribution in [3.8, 4) is 0 Å². The lowest BCUT2D eigenvalue weighted by molar-refractivity contribution is -0.130. The number of carboxylic acid groups (broad SMARTS) is 1. The van der Waals surface area contributed by atoms with Crippen molar-refractivity contribution >= 4 is 16.0 Å². The minimum absolute atomic E-state index is 0.0579. The Morgan fingerprint density at radius 1 is 1.40 bits per heavy atom. The second kappa shape index (κ2) is 7.39. The summed E-state index contributed by atoms with van der Waals surface area (Å²) < 4.78 is 36.6. The maximum Gasteiger partial charge on any atom is 0.352 e. The van der Waals surface area contributed by atoms with Gasteiger partial charge in [0.2, 0.25) is 10.0 Å². The first-order valence-corrected chi connectivity index (χ1v) is 7.53. The van der Waals surface area contributed by atoms with Gasteiger partial charge in [0, 0.05) is 19.4 Å². The Hall–Kier alpha value is -1.42. The largest absolute Gasteiger partial charge is 0.477 e. The van der Waals surface area contributed by atoms with Gasteiger partial charge in [-0.25, -0.2) is 17.9 Å². The predicted molar refractivity (Wildman–Crippen MR) is 70.0 cm³/mol. The molecule has 1 aromatic rings. The van der Waals surface area contributed by atoms with Crippen molar-refractivity contribution in [3.63, 3.8) is 0 Å². The Balaban J connectivity index is 2.70. The van der Waals surface area contributed by atoms with E-state index < -0.39 is 22.3 Å². The molecule has 0 saturated carbocycles. The van der Waals surface area contributed by atoms with E-state index in [1.807, 2.05) is 0 Å². The van der Waals surface area contributed by atoms with E-state index in [0.29, 0.717) is 13.2 Å². The number of aromatic amines is 1. The molecule has 1 heterocycles. The number of carbonyl (C=O) groups is 1. The van der Waals surface area contributed by atoms with E-state index in [-0.39, 0.29) is 17.1 Å². The van der Waals surface area contributed by atoms with Crippen molar-refractivity contribution < 1.29 is 27.8 Å².